The molecular formula is C18H14ClF3N4O2. The molecule has 0 saturated heterocycles. The van der Waals surface area contributed by atoms with Crippen molar-refractivity contribution in [3.05, 3.63) is 57.5 Å². The van der Waals surface area contributed by atoms with E-state index in [1.807, 2.05) is 0 Å². The first kappa shape index (κ1) is 18.6. The first-order valence-electron chi connectivity index (χ1n) is 8.20. The molecule has 0 aliphatic carbocycles. The van der Waals surface area contributed by atoms with E-state index in [0.717, 1.165) is 12.1 Å². The van der Waals surface area contributed by atoms with Gasteiger partial charge in [-0.05, 0) is 24.3 Å². The minimum absolute atomic E-state index is 0.0101. The lowest BCUT2D eigenvalue weighted by Crippen LogP contribution is -2.40. The molecule has 1 amide bonds. The van der Waals surface area contributed by atoms with Crippen molar-refractivity contribution >= 4 is 34.1 Å². The zero-order chi connectivity index (χ0) is 20.4. The highest BCUT2D eigenvalue weighted by Crippen LogP contribution is 2.44. The number of alkyl halides is 2. The van der Waals surface area contributed by atoms with E-state index in [9.17, 15) is 23.1 Å². The smallest absolute Gasteiger partial charge is 0.256 e. The van der Waals surface area contributed by atoms with E-state index in [0.29, 0.717) is 0 Å². The SMILES string of the molecule is Cn1nc2c3c(c(N)cc2c1CC(F)F)C(O)(c1cc(F)ccc1Cl)NC3=O. The van der Waals surface area contributed by atoms with Gasteiger partial charge in [0.1, 0.15) is 11.3 Å². The number of aromatic nitrogens is 2. The number of nitrogen functional groups attached to an aromatic ring is 1. The highest BCUT2D eigenvalue weighted by atomic mass is 35.5. The van der Waals surface area contributed by atoms with Crippen LogP contribution in [0.2, 0.25) is 5.02 Å². The predicted molar refractivity (Wildman–Crippen MR) is 96.7 cm³/mol. The van der Waals surface area contributed by atoms with Gasteiger partial charge in [0.25, 0.3) is 5.91 Å². The third kappa shape index (κ3) is 2.54. The lowest BCUT2D eigenvalue weighted by atomic mass is 9.91. The Morgan fingerprint density at radius 1 is 1.39 bits per heavy atom. The Morgan fingerprint density at radius 3 is 2.79 bits per heavy atom. The maximum Gasteiger partial charge on any atom is 0.256 e. The Balaban J connectivity index is 2.03. The number of amides is 1. The van der Waals surface area contributed by atoms with Gasteiger partial charge in [0.2, 0.25) is 6.43 Å². The van der Waals surface area contributed by atoms with Crippen LogP contribution in [0, 0.1) is 5.82 Å². The van der Waals surface area contributed by atoms with Crippen LogP contribution in [0.1, 0.15) is 27.2 Å². The van der Waals surface area contributed by atoms with Crippen molar-refractivity contribution in [1.82, 2.24) is 15.1 Å². The molecule has 0 radical (unpaired) electrons. The number of aliphatic hydroxyl groups is 1. The minimum Gasteiger partial charge on any atom is -0.398 e. The van der Waals surface area contributed by atoms with Crippen molar-refractivity contribution in [2.75, 3.05) is 5.73 Å². The highest BCUT2D eigenvalue weighted by molar-refractivity contribution is 6.31. The molecule has 3 aromatic rings. The number of benzene rings is 2. The molecule has 1 aliphatic heterocycles. The van der Waals surface area contributed by atoms with E-state index < -0.39 is 30.3 Å². The number of carbonyl (C=O) groups excluding carboxylic acids is 1. The van der Waals surface area contributed by atoms with Crippen LogP contribution < -0.4 is 11.1 Å². The molecule has 6 nitrogen and oxygen atoms in total. The molecule has 1 aliphatic rings. The summed E-state index contributed by atoms with van der Waals surface area (Å²) in [7, 11) is 1.47. The lowest BCUT2D eigenvalue weighted by Gasteiger charge is -2.26. The first-order valence-corrected chi connectivity index (χ1v) is 8.58. The van der Waals surface area contributed by atoms with Crippen molar-refractivity contribution in [1.29, 1.82) is 0 Å². The summed E-state index contributed by atoms with van der Waals surface area (Å²) in [5.74, 6) is -1.40. The second-order valence-corrected chi connectivity index (χ2v) is 6.97. The molecule has 28 heavy (non-hydrogen) atoms. The molecule has 0 spiro atoms. The molecule has 0 bridgehead atoms. The fourth-order valence-electron chi connectivity index (χ4n) is 3.67. The van der Waals surface area contributed by atoms with Crippen LogP contribution in [0.15, 0.2) is 24.3 Å². The number of hydrogen-bond acceptors (Lipinski definition) is 4. The maximum absolute atomic E-state index is 13.8. The Kier molecular flexibility index (Phi) is 4.06. The molecule has 4 N–H and O–H groups in total. The van der Waals surface area contributed by atoms with Crippen molar-refractivity contribution in [3.8, 4) is 0 Å². The zero-order valence-corrected chi connectivity index (χ0v) is 15.2. The Bertz CT molecular complexity index is 1150. The van der Waals surface area contributed by atoms with Gasteiger partial charge >= 0.3 is 0 Å². The van der Waals surface area contributed by atoms with Gasteiger partial charge in [-0.25, -0.2) is 13.2 Å². The average Bonchev–Trinajstić information content (AvgIpc) is 3.05. The monoisotopic (exact) mass is 410 g/mol. The minimum atomic E-state index is -2.62. The normalized spacial score (nSPS) is 18.8. The van der Waals surface area contributed by atoms with Gasteiger partial charge in [0.15, 0.2) is 5.72 Å². The topological polar surface area (TPSA) is 93.2 Å². The summed E-state index contributed by atoms with van der Waals surface area (Å²) in [5, 5.41) is 18.1. The number of carbonyl (C=O) groups is 1. The number of nitrogens with two attached hydrogens (primary N) is 1. The number of nitrogens with one attached hydrogen (secondary N) is 1. The lowest BCUT2D eigenvalue weighted by molar-refractivity contribution is 0.0479. The number of hydrogen-bond donors (Lipinski definition) is 3. The standard InChI is InChI=1S/C18H14ClF3N4O2/c1-26-12(6-13(21)22)8-5-11(23)15-14(16(8)25-26)17(27)24-18(15,28)9-4-7(20)2-3-10(9)19/h2-5,13,28H,6,23H2,1H3,(H,24,27). The summed E-state index contributed by atoms with van der Waals surface area (Å²) in [6.45, 7) is 0. The predicted octanol–water partition coefficient (Wildman–Crippen LogP) is 2.69. The number of halogens is 4. The van der Waals surface area contributed by atoms with Crippen molar-refractivity contribution < 1.29 is 23.1 Å². The summed E-state index contributed by atoms with van der Waals surface area (Å²) in [6, 6.07) is 4.71. The first-order chi connectivity index (χ1) is 13.1. The van der Waals surface area contributed by atoms with Gasteiger partial charge in [0, 0.05) is 34.3 Å². The van der Waals surface area contributed by atoms with Gasteiger partial charge in [-0.3, -0.25) is 9.48 Å². The van der Waals surface area contributed by atoms with Gasteiger partial charge < -0.3 is 16.2 Å². The van der Waals surface area contributed by atoms with Crippen molar-refractivity contribution in [3.63, 3.8) is 0 Å². The van der Waals surface area contributed by atoms with Crippen LogP contribution in [-0.2, 0) is 19.2 Å². The number of rotatable bonds is 3. The molecule has 2 aromatic carbocycles. The molecule has 1 aromatic heterocycles. The van der Waals surface area contributed by atoms with Gasteiger partial charge in [-0.15, -0.1) is 0 Å². The van der Waals surface area contributed by atoms with E-state index in [4.69, 9.17) is 17.3 Å². The molecular weight excluding hydrogens is 397 g/mol. The molecule has 10 heteroatoms. The molecule has 2 heterocycles. The molecule has 0 saturated carbocycles. The summed E-state index contributed by atoms with van der Waals surface area (Å²) < 4.78 is 40.9. The van der Waals surface area contributed by atoms with Crippen LogP contribution in [0.3, 0.4) is 0 Å². The van der Waals surface area contributed by atoms with E-state index in [1.54, 1.807) is 0 Å². The van der Waals surface area contributed by atoms with E-state index in [2.05, 4.69) is 10.4 Å². The van der Waals surface area contributed by atoms with Crippen LogP contribution in [0.5, 0.6) is 0 Å². The summed E-state index contributed by atoms with van der Waals surface area (Å²) in [6.07, 6.45) is -3.20. The molecule has 1 atom stereocenters. The number of aryl methyl sites for hydroxylation is 1. The van der Waals surface area contributed by atoms with Gasteiger partial charge in [-0.1, -0.05) is 11.6 Å². The molecule has 4 rings (SSSR count). The fraction of sp³-hybridized carbons (Fsp3) is 0.222. The van der Waals surface area contributed by atoms with Crippen molar-refractivity contribution in [2.45, 2.75) is 18.6 Å². The second kappa shape index (κ2) is 6.11. The maximum atomic E-state index is 13.8. The quantitative estimate of drug-likeness (QED) is 0.579. The van der Waals surface area contributed by atoms with E-state index >= 15 is 0 Å². The molecule has 0 fully saturated rings. The third-order valence-electron chi connectivity index (χ3n) is 4.83. The largest absolute Gasteiger partial charge is 0.398 e. The number of nitrogens with zero attached hydrogens (tertiary/aromatic N) is 2. The molecule has 146 valence electrons. The van der Waals surface area contributed by atoms with Crippen LogP contribution in [-0.4, -0.2) is 27.2 Å². The molecule has 1 unspecified atom stereocenters. The van der Waals surface area contributed by atoms with Crippen LogP contribution in [0.4, 0.5) is 18.9 Å². The number of fused-ring (bicyclic) bond motifs is 3. The van der Waals surface area contributed by atoms with E-state index in [1.165, 1.54) is 23.9 Å². The number of anilines is 1. The Labute approximate surface area is 161 Å². The van der Waals surface area contributed by atoms with Crippen LogP contribution in [0.25, 0.3) is 10.9 Å². The summed E-state index contributed by atoms with van der Waals surface area (Å²) in [5.41, 5.74) is 3.98. The summed E-state index contributed by atoms with van der Waals surface area (Å²) >= 11 is 6.12. The Morgan fingerprint density at radius 2 is 2.11 bits per heavy atom. The highest BCUT2D eigenvalue weighted by Gasteiger charge is 2.47. The third-order valence-corrected chi connectivity index (χ3v) is 5.16. The zero-order valence-electron chi connectivity index (χ0n) is 14.4. The van der Waals surface area contributed by atoms with Gasteiger partial charge in [0.05, 0.1) is 17.7 Å². The van der Waals surface area contributed by atoms with E-state index in [-0.39, 0.29) is 44.0 Å². The summed E-state index contributed by atoms with van der Waals surface area (Å²) in [4.78, 5) is 12.7. The Hall–Kier alpha value is -2.78. The fourth-order valence-corrected chi connectivity index (χ4v) is 3.92. The average molecular weight is 411 g/mol. The second-order valence-electron chi connectivity index (χ2n) is 6.57. The van der Waals surface area contributed by atoms with Crippen molar-refractivity contribution in [2.24, 2.45) is 7.05 Å². The van der Waals surface area contributed by atoms with Gasteiger partial charge in [-0.2, -0.15) is 5.10 Å². The van der Waals surface area contributed by atoms with Crippen LogP contribution >= 0.6 is 11.6 Å².